The minimum absolute atomic E-state index is 0.0943. The van der Waals surface area contributed by atoms with Crippen molar-refractivity contribution >= 4 is 15.9 Å². The van der Waals surface area contributed by atoms with E-state index in [2.05, 4.69) is 5.32 Å². The molecule has 4 rings (SSSR count). The summed E-state index contributed by atoms with van der Waals surface area (Å²) in [5.41, 5.74) is 0.307. The summed E-state index contributed by atoms with van der Waals surface area (Å²) in [7, 11) is -3.56. The van der Waals surface area contributed by atoms with Crippen LogP contribution in [0.4, 0.5) is 0 Å². The fraction of sp³-hybridized carbons (Fsp3) is 0.706. The molecule has 2 aliphatic carbocycles. The zero-order valence-electron chi connectivity index (χ0n) is 14.0. The molecule has 0 bridgehead atoms. The molecule has 0 spiro atoms. The van der Waals surface area contributed by atoms with E-state index in [1.807, 2.05) is 0 Å². The van der Waals surface area contributed by atoms with Crippen LogP contribution in [-0.4, -0.2) is 38.3 Å². The molecule has 1 amide bonds. The molecule has 1 aliphatic heterocycles. The van der Waals surface area contributed by atoms with Gasteiger partial charge in [-0.15, -0.1) is 0 Å². The van der Waals surface area contributed by atoms with Gasteiger partial charge in [-0.05, 0) is 56.8 Å². The van der Waals surface area contributed by atoms with Crippen molar-refractivity contribution in [3.63, 3.8) is 0 Å². The Morgan fingerprint density at radius 1 is 1.33 bits per heavy atom. The number of sulfonamides is 1. The second-order valence-electron chi connectivity index (χ2n) is 7.46. The number of hydrogen-bond donors (Lipinski definition) is 1. The SMILES string of the molecule is Cc1oc(C(=O)NCC2(C3CC3)CC2)cc1S(=O)(=O)N1CCCC1. The van der Waals surface area contributed by atoms with Gasteiger partial charge in [0.2, 0.25) is 10.0 Å². The normalized spacial score (nSPS) is 23.4. The second kappa shape index (κ2) is 5.59. The first-order valence-electron chi connectivity index (χ1n) is 8.81. The molecular formula is C17H24N2O4S. The van der Waals surface area contributed by atoms with E-state index >= 15 is 0 Å². The number of amides is 1. The number of aryl methyl sites for hydroxylation is 1. The largest absolute Gasteiger partial charge is 0.455 e. The van der Waals surface area contributed by atoms with Crippen molar-refractivity contribution in [2.75, 3.05) is 19.6 Å². The average Bonchev–Trinajstić information content (AvgIpc) is 3.44. The van der Waals surface area contributed by atoms with Gasteiger partial charge in [-0.25, -0.2) is 8.42 Å². The van der Waals surface area contributed by atoms with E-state index in [0.29, 0.717) is 25.0 Å². The average molecular weight is 352 g/mol. The Labute approximate surface area is 142 Å². The van der Waals surface area contributed by atoms with E-state index in [-0.39, 0.29) is 22.3 Å². The summed E-state index contributed by atoms with van der Waals surface area (Å²) in [4.78, 5) is 12.5. The molecule has 0 aromatic carbocycles. The minimum atomic E-state index is -3.56. The summed E-state index contributed by atoms with van der Waals surface area (Å²) in [6.45, 7) is 3.35. The first-order chi connectivity index (χ1) is 11.4. The van der Waals surface area contributed by atoms with Crippen molar-refractivity contribution in [1.29, 1.82) is 0 Å². The van der Waals surface area contributed by atoms with Gasteiger partial charge < -0.3 is 9.73 Å². The quantitative estimate of drug-likeness (QED) is 0.852. The smallest absolute Gasteiger partial charge is 0.287 e. The highest BCUT2D eigenvalue weighted by Crippen LogP contribution is 2.60. The molecule has 1 N–H and O–H groups in total. The van der Waals surface area contributed by atoms with Gasteiger partial charge in [-0.3, -0.25) is 4.79 Å². The van der Waals surface area contributed by atoms with Gasteiger partial charge in [-0.2, -0.15) is 4.31 Å². The zero-order valence-corrected chi connectivity index (χ0v) is 14.8. The number of furan rings is 1. The molecule has 132 valence electrons. The number of nitrogens with zero attached hydrogens (tertiary/aromatic N) is 1. The lowest BCUT2D eigenvalue weighted by Gasteiger charge is -2.14. The summed E-state index contributed by atoms with van der Waals surface area (Å²) < 4.78 is 32.2. The molecule has 0 unspecified atom stereocenters. The number of rotatable bonds is 6. The van der Waals surface area contributed by atoms with Crippen LogP contribution >= 0.6 is 0 Å². The van der Waals surface area contributed by atoms with Gasteiger partial charge in [0.15, 0.2) is 5.76 Å². The topological polar surface area (TPSA) is 79.6 Å². The van der Waals surface area contributed by atoms with Gasteiger partial charge in [0, 0.05) is 25.7 Å². The number of carbonyl (C=O) groups is 1. The lowest BCUT2D eigenvalue weighted by Crippen LogP contribution is -2.31. The monoisotopic (exact) mass is 352 g/mol. The summed E-state index contributed by atoms with van der Waals surface area (Å²) in [5, 5.41) is 2.94. The maximum Gasteiger partial charge on any atom is 0.287 e. The van der Waals surface area contributed by atoms with Crippen molar-refractivity contribution in [3.8, 4) is 0 Å². The van der Waals surface area contributed by atoms with Crippen LogP contribution in [0.2, 0.25) is 0 Å². The Morgan fingerprint density at radius 2 is 2.00 bits per heavy atom. The van der Waals surface area contributed by atoms with Crippen molar-refractivity contribution in [2.24, 2.45) is 11.3 Å². The Kier molecular flexibility index (Phi) is 3.76. The molecule has 1 aromatic rings. The van der Waals surface area contributed by atoms with E-state index in [1.54, 1.807) is 6.92 Å². The summed E-state index contributed by atoms with van der Waals surface area (Å²) in [5.74, 6) is 0.836. The van der Waals surface area contributed by atoms with E-state index < -0.39 is 10.0 Å². The third kappa shape index (κ3) is 2.77. The van der Waals surface area contributed by atoms with Crippen LogP contribution in [0.25, 0.3) is 0 Å². The molecular weight excluding hydrogens is 328 g/mol. The van der Waals surface area contributed by atoms with Crippen molar-refractivity contribution in [3.05, 3.63) is 17.6 Å². The summed E-state index contributed by atoms with van der Waals surface area (Å²) in [6, 6.07) is 1.38. The third-order valence-corrected chi connectivity index (χ3v) is 7.72. The number of hydrogen-bond acceptors (Lipinski definition) is 4. The first kappa shape index (κ1) is 16.1. The predicted molar refractivity (Wildman–Crippen MR) is 88.2 cm³/mol. The molecule has 1 aromatic heterocycles. The first-order valence-corrected chi connectivity index (χ1v) is 10.3. The molecule has 0 radical (unpaired) electrons. The molecule has 3 aliphatic rings. The molecule has 3 fully saturated rings. The van der Waals surface area contributed by atoms with Crippen LogP contribution in [0.15, 0.2) is 15.4 Å². The summed E-state index contributed by atoms with van der Waals surface area (Å²) >= 11 is 0. The van der Waals surface area contributed by atoms with Gasteiger partial charge >= 0.3 is 0 Å². The third-order valence-electron chi connectivity index (χ3n) is 5.72. The standard InChI is InChI=1S/C17H24N2O4S/c1-12-15(24(21,22)19-8-2-3-9-19)10-14(23-12)16(20)18-11-17(6-7-17)13-4-5-13/h10,13H,2-9,11H2,1H3,(H,18,20). The Hall–Kier alpha value is -1.34. The number of nitrogens with one attached hydrogen (secondary N) is 1. The van der Waals surface area contributed by atoms with E-state index in [1.165, 1.54) is 36.1 Å². The van der Waals surface area contributed by atoms with Crippen molar-refractivity contribution in [1.82, 2.24) is 9.62 Å². The molecule has 24 heavy (non-hydrogen) atoms. The summed E-state index contributed by atoms with van der Waals surface area (Å²) in [6.07, 6.45) is 6.68. The van der Waals surface area contributed by atoms with Crippen LogP contribution in [-0.2, 0) is 10.0 Å². The molecule has 1 saturated heterocycles. The van der Waals surface area contributed by atoms with Crippen LogP contribution in [0.5, 0.6) is 0 Å². The van der Waals surface area contributed by atoms with Crippen LogP contribution in [0.1, 0.15) is 54.8 Å². The van der Waals surface area contributed by atoms with Crippen LogP contribution < -0.4 is 5.32 Å². The predicted octanol–water partition coefficient (Wildman–Crippen LogP) is 2.29. The van der Waals surface area contributed by atoms with Gasteiger partial charge in [0.05, 0.1) is 0 Å². The highest BCUT2D eigenvalue weighted by molar-refractivity contribution is 7.89. The highest BCUT2D eigenvalue weighted by Gasteiger charge is 2.53. The van der Waals surface area contributed by atoms with E-state index in [0.717, 1.165) is 18.8 Å². The molecule has 2 heterocycles. The van der Waals surface area contributed by atoms with E-state index in [9.17, 15) is 13.2 Å². The van der Waals surface area contributed by atoms with Crippen molar-refractivity contribution in [2.45, 2.75) is 50.3 Å². The highest BCUT2D eigenvalue weighted by atomic mass is 32.2. The maximum atomic E-state index is 12.7. The second-order valence-corrected chi connectivity index (χ2v) is 9.37. The maximum absolute atomic E-state index is 12.7. The molecule has 6 nitrogen and oxygen atoms in total. The molecule has 0 atom stereocenters. The zero-order chi connectivity index (χ0) is 16.9. The molecule has 7 heteroatoms. The minimum Gasteiger partial charge on any atom is -0.455 e. The van der Waals surface area contributed by atoms with Crippen molar-refractivity contribution < 1.29 is 17.6 Å². The van der Waals surface area contributed by atoms with Gasteiger partial charge in [-0.1, -0.05) is 0 Å². The van der Waals surface area contributed by atoms with E-state index in [4.69, 9.17) is 4.42 Å². The Balaban J connectivity index is 1.47. The lowest BCUT2D eigenvalue weighted by molar-refractivity contribution is 0.0913. The van der Waals surface area contributed by atoms with Gasteiger partial charge in [0.25, 0.3) is 5.91 Å². The number of carbonyl (C=O) groups excluding carboxylic acids is 1. The Bertz CT molecular complexity index is 754. The lowest BCUT2D eigenvalue weighted by atomic mass is 10.0. The van der Waals surface area contributed by atoms with Gasteiger partial charge in [0.1, 0.15) is 10.7 Å². The molecule has 2 saturated carbocycles. The fourth-order valence-corrected chi connectivity index (χ4v) is 5.51. The van der Waals surface area contributed by atoms with Crippen LogP contribution in [0, 0.1) is 18.3 Å². The van der Waals surface area contributed by atoms with Crippen LogP contribution in [0.3, 0.4) is 0 Å². The fourth-order valence-electron chi connectivity index (χ4n) is 3.83. The Morgan fingerprint density at radius 3 is 2.58 bits per heavy atom.